The van der Waals surface area contributed by atoms with Crippen LogP contribution < -0.4 is 4.74 Å². The predicted molar refractivity (Wildman–Crippen MR) is 70.4 cm³/mol. The number of hydrogen-bond donors (Lipinski definition) is 0. The Morgan fingerprint density at radius 1 is 1.29 bits per heavy atom. The Kier molecular flexibility index (Phi) is 4.73. The molecule has 0 radical (unpaired) electrons. The fourth-order valence-electron chi connectivity index (χ4n) is 1.77. The van der Waals surface area contributed by atoms with Crippen LogP contribution in [0, 0.1) is 18.8 Å². The van der Waals surface area contributed by atoms with E-state index >= 15 is 0 Å². The number of carbonyl (C=O) groups is 1. The highest BCUT2D eigenvalue weighted by atomic mass is 16.5. The minimum absolute atomic E-state index is 0.0974. The highest BCUT2D eigenvalue weighted by molar-refractivity contribution is 5.83. The lowest BCUT2D eigenvalue weighted by Gasteiger charge is -2.15. The third kappa shape index (κ3) is 3.58. The molecule has 0 saturated carbocycles. The van der Waals surface area contributed by atoms with E-state index in [4.69, 9.17) is 4.74 Å². The van der Waals surface area contributed by atoms with Crippen LogP contribution in [0.25, 0.3) is 0 Å². The Labute approximate surface area is 104 Å². The van der Waals surface area contributed by atoms with E-state index in [0.29, 0.717) is 12.3 Å². The molecule has 0 spiro atoms. The largest absolute Gasteiger partial charge is 0.496 e. The van der Waals surface area contributed by atoms with Gasteiger partial charge in [-0.3, -0.25) is 4.79 Å². The number of aryl methyl sites for hydroxylation is 1. The van der Waals surface area contributed by atoms with Crippen molar-refractivity contribution in [2.45, 2.75) is 34.1 Å². The van der Waals surface area contributed by atoms with Crippen LogP contribution in [0.2, 0.25) is 0 Å². The third-order valence-corrected chi connectivity index (χ3v) is 3.31. The smallest absolute Gasteiger partial charge is 0.140 e. The van der Waals surface area contributed by atoms with Crippen LogP contribution in [0.4, 0.5) is 0 Å². The lowest BCUT2D eigenvalue weighted by atomic mass is 9.90. The summed E-state index contributed by atoms with van der Waals surface area (Å²) in [5.41, 5.74) is 2.15. The van der Waals surface area contributed by atoms with Gasteiger partial charge in [0.05, 0.1) is 7.11 Å². The topological polar surface area (TPSA) is 26.3 Å². The van der Waals surface area contributed by atoms with Crippen molar-refractivity contribution in [1.82, 2.24) is 0 Å². The van der Waals surface area contributed by atoms with Crippen molar-refractivity contribution >= 4 is 5.78 Å². The minimum atomic E-state index is 0.0974. The van der Waals surface area contributed by atoms with Gasteiger partial charge in [-0.1, -0.05) is 38.5 Å². The first-order valence-corrected chi connectivity index (χ1v) is 6.12. The highest BCUT2D eigenvalue weighted by Crippen LogP contribution is 2.22. The molecule has 0 fully saturated rings. The number of ketones is 1. The lowest BCUT2D eigenvalue weighted by molar-refractivity contribution is -0.122. The van der Waals surface area contributed by atoms with Gasteiger partial charge in [0.15, 0.2) is 0 Å². The van der Waals surface area contributed by atoms with Gasteiger partial charge in [0.2, 0.25) is 0 Å². The van der Waals surface area contributed by atoms with Crippen LogP contribution in [0.15, 0.2) is 18.2 Å². The molecule has 0 amide bonds. The van der Waals surface area contributed by atoms with Gasteiger partial charge in [0.25, 0.3) is 0 Å². The molecule has 0 heterocycles. The zero-order chi connectivity index (χ0) is 13.0. The molecular weight excluding hydrogens is 212 g/mol. The van der Waals surface area contributed by atoms with E-state index < -0.39 is 0 Å². The van der Waals surface area contributed by atoms with Crippen molar-refractivity contribution in [2.75, 3.05) is 7.11 Å². The van der Waals surface area contributed by atoms with Crippen molar-refractivity contribution in [3.05, 3.63) is 29.3 Å². The molecule has 1 aromatic rings. The number of methoxy groups -OCH3 is 1. The number of benzene rings is 1. The molecule has 94 valence electrons. The minimum Gasteiger partial charge on any atom is -0.496 e. The molecule has 0 aromatic heterocycles. The van der Waals surface area contributed by atoms with Gasteiger partial charge in [-0.25, -0.2) is 0 Å². The molecule has 2 heteroatoms. The second kappa shape index (κ2) is 5.85. The second-order valence-corrected chi connectivity index (χ2v) is 4.99. The lowest BCUT2D eigenvalue weighted by Crippen LogP contribution is -2.19. The molecule has 0 saturated heterocycles. The molecule has 2 nitrogen and oxygen atoms in total. The summed E-state index contributed by atoms with van der Waals surface area (Å²) < 4.78 is 5.29. The molecule has 0 bridgehead atoms. The Hall–Kier alpha value is -1.31. The Bertz CT molecular complexity index is 394. The summed E-state index contributed by atoms with van der Waals surface area (Å²) in [5, 5.41) is 0. The fraction of sp³-hybridized carbons (Fsp3) is 0.533. The number of ether oxygens (including phenoxy) is 1. The van der Waals surface area contributed by atoms with Crippen LogP contribution in [-0.2, 0) is 11.2 Å². The number of Topliss-reactive ketones (excluding diaryl/α,β-unsaturated/α-hetero) is 1. The molecule has 0 aliphatic heterocycles. The average molecular weight is 234 g/mol. The molecular formula is C15H22O2. The summed E-state index contributed by atoms with van der Waals surface area (Å²) in [6, 6.07) is 5.96. The van der Waals surface area contributed by atoms with Crippen molar-refractivity contribution in [1.29, 1.82) is 0 Å². The monoisotopic (exact) mass is 234 g/mol. The first kappa shape index (κ1) is 13.8. The maximum absolute atomic E-state index is 12.1. The Balaban J connectivity index is 2.87. The van der Waals surface area contributed by atoms with Crippen LogP contribution in [0.3, 0.4) is 0 Å². The standard InChI is InChI=1S/C15H22O2/c1-10(2)12(4)14(16)9-13-8-11(3)6-7-15(13)17-5/h6-8,10,12H,9H2,1-5H3. The third-order valence-electron chi connectivity index (χ3n) is 3.31. The summed E-state index contributed by atoms with van der Waals surface area (Å²) in [5.74, 6) is 1.57. The van der Waals surface area contributed by atoms with Gasteiger partial charge in [-0.2, -0.15) is 0 Å². The SMILES string of the molecule is COc1ccc(C)cc1CC(=O)C(C)C(C)C. The van der Waals surface area contributed by atoms with E-state index in [1.165, 1.54) is 0 Å². The van der Waals surface area contributed by atoms with Crippen molar-refractivity contribution in [2.24, 2.45) is 11.8 Å². The number of hydrogen-bond acceptors (Lipinski definition) is 2. The molecule has 0 aliphatic rings. The summed E-state index contributed by atoms with van der Waals surface area (Å²) in [6.45, 7) is 8.18. The summed E-state index contributed by atoms with van der Waals surface area (Å²) in [6.07, 6.45) is 0.463. The maximum Gasteiger partial charge on any atom is 0.140 e. The fourth-order valence-corrected chi connectivity index (χ4v) is 1.77. The zero-order valence-electron chi connectivity index (χ0n) is 11.4. The van der Waals surface area contributed by atoms with E-state index in [0.717, 1.165) is 16.9 Å². The second-order valence-electron chi connectivity index (χ2n) is 4.99. The van der Waals surface area contributed by atoms with Gasteiger partial charge in [-0.05, 0) is 18.9 Å². The van der Waals surface area contributed by atoms with Gasteiger partial charge < -0.3 is 4.74 Å². The molecule has 0 N–H and O–H groups in total. The van der Waals surface area contributed by atoms with Crippen LogP contribution >= 0.6 is 0 Å². The van der Waals surface area contributed by atoms with Crippen LogP contribution in [0.1, 0.15) is 31.9 Å². The highest BCUT2D eigenvalue weighted by Gasteiger charge is 2.18. The van der Waals surface area contributed by atoms with Gasteiger partial charge in [0.1, 0.15) is 11.5 Å². The first-order valence-electron chi connectivity index (χ1n) is 6.12. The summed E-state index contributed by atoms with van der Waals surface area (Å²) in [4.78, 5) is 12.1. The normalized spacial score (nSPS) is 12.6. The molecule has 1 rings (SSSR count). The van der Waals surface area contributed by atoms with E-state index in [1.54, 1.807) is 7.11 Å². The Morgan fingerprint density at radius 2 is 1.94 bits per heavy atom. The summed E-state index contributed by atoms with van der Waals surface area (Å²) in [7, 11) is 1.64. The van der Waals surface area contributed by atoms with Crippen molar-refractivity contribution in [3.8, 4) is 5.75 Å². The van der Waals surface area contributed by atoms with Gasteiger partial charge >= 0.3 is 0 Å². The van der Waals surface area contributed by atoms with Crippen molar-refractivity contribution < 1.29 is 9.53 Å². The molecule has 1 unspecified atom stereocenters. The number of rotatable bonds is 5. The van der Waals surface area contributed by atoms with Crippen LogP contribution in [-0.4, -0.2) is 12.9 Å². The zero-order valence-corrected chi connectivity index (χ0v) is 11.4. The molecule has 17 heavy (non-hydrogen) atoms. The van der Waals surface area contributed by atoms with E-state index in [2.05, 4.69) is 13.8 Å². The predicted octanol–water partition coefficient (Wildman–Crippen LogP) is 3.41. The quantitative estimate of drug-likeness (QED) is 0.780. The van der Waals surface area contributed by atoms with E-state index in [-0.39, 0.29) is 11.7 Å². The summed E-state index contributed by atoms with van der Waals surface area (Å²) >= 11 is 0. The van der Waals surface area contributed by atoms with Crippen molar-refractivity contribution in [3.63, 3.8) is 0 Å². The van der Waals surface area contributed by atoms with E-state index in [9.17, 15) is 4.79 Å². The Morgan fingerprint density at radius 3 is 2.47 bits per heavy atom. The number of carbonyl (C=O) groups excluding carboxylic acids is 1. The molecule has 1 aromatic carbocycles. The van der Waals surface area contributed by atoms with E-state index in [1.807, 2.05) is 32.0 Å². The molecule has 1 atom stereocenters. The van der Waals surface area contributed by atoms with Crippen LogP contribution in [0.5, 0.6) is 5.75 Å². The molecule has 0 aliphatic carbocycles. The average Bonchev–Trinajstić information content (AvgIpc) is 2.28. The van der Waals surface area contributed by atoms with Gasteiger partial charge in [0, 0.05) is 17.9 Å². The van der Waals surface area contributed by atoms with Gasteiger partial charge in [-0.15, -0.1) is 0 Å². The first-order chi connectivity index (χ1) is 7.95. The maximum atomic E-state index is 12.1.